The molecule has 0 heterocycles. The number of nitrogens with zero attached hydrogens (tertiary/aromatic N) is 1. The SMILES string of the molecule is CN(C)CCC1CCC2=C(CC1)C(=O)c1c(O)cccc1C2=O. The highest BCUT2D eigenvalue weighted by Gasteiger charge is 2.35. The Hall–Kier alpha value is -1.94. The van der Waals surface area contributed by atoms with Crippen LogP contribution in [0.15, 0.2) is 29.3 Å². The lowest BCUT2D eigenvalue weighted by Gasteiger charge is -2.20. The standard InChI is InChI=1S/C19H23NO3/c1-20(2)11-10-12-6-8-13-14(9-7-12)19(23)17-15(18(13)22)4-3-5-16(17)21/h3-5,12,21H,6-11H2,1-2H3. The second-order valence-electron chi connectivity index (χ2n) is 6.85. The molecule has 0 fully saturated rings. The zero-order chi connectivity index (χ0) is 16.6. The van der Waals surface area contributed by atoms with E-state index in [1.165, 1.54) is 6.07 Å². The fourth-order valence-corrected chi connectivity index (χ4v) is 3.66. The lowest BCUT2D eigenvalue weighted by atomic mass is 9.81. The van der Waals surface area contributed by atoms with Gasteiger partial charge in [-0.25, -0.2) is 0 Å². The number of ketones is 2. The van der Waals surface area contributed by atoms with Crippen LogP contribution in [0.3, 0.4) is 0 Å². The summed E-state index contributed by atoms with van der Waals surface area (Å²) in [5.41, 5.74) is 1.88. The fraction of sp³-hybridized carbons (Fsp3) is 0.474. The third-order valence-corrected chi connectivity index (χ3v) is 5.02. The molecular formula is C19H23NO3. The molecule has 3 rings (SSSR count). The normalized spacial score (nSPS) is 21.3. The van der Waals surface area contributed by atoms with Crippen molar-refractivity contribution in [3.63, 3.8) is 0 Å². The number of allylic oxidation sites excluding steroid dienone is 2. The van der Waals surface area contributed by atoms with Crippen LogP contribution < -0.4 is 0 Å². The molecule has 0 bridgehead atoms. The molecule has 0 aromatic heterocycles. The minimum absolute atomic E-state index is 0.0706. The van der Waals surface area contributed by atoms with Gasteiger partial charge in [-0.15, -0.1) is 0 Å². The maximum absolute atomic E-state index is 12.8. The molecule has 0 aliphatic heterocycles. The molecule has 0 saturated heterocycles. The summed E-state index contributed by atoms with van der Waals surface area (Å²) in [5, 5.41) is 10.0. The third kappa shape index (κ3) is 2.95. The summed E-state index contributed by atoms with van der Waals surface area (Å²) < 4.78 is 0. The highest BCUT2D eigenvalue weighted by molar-refractivity contribution is 6.27. The van der Waals surface area contributed by atoms with Crippen LogP contribution in [0.25, 0.3) is 0 Å². The highest BCUT2D eigenvalue weighted by Crippen LogP contribution is 2.39. The van der Waals surface area contributed by atoms with Crippen molar-refractivity contribution in [2.75, 3.05) is 20.6 Å². The number of benzene rings is 1. The van der Waals surface area contributed by atoms with Crippen molar-refractivity contribution in [3.05, 3.63) is 40.5 Å². The second-order valence-corrected chi connectivity index (χ2v) is 6.85. The molecule has 1 aromatic carbocycles. The Labute approximate surface area is 136 Å². The quantitative estimate of drug-likeness (QED) is 0.931. The molecule has 23 heavy (non-hydrogen) atoms. The van der Waals surface area contributed by atoms with Crippen molar-refractivity contribution in [1.82, 2.24) is 4.90 Å². The minimum atomic E-state index is -0.152. The van der Waals surface area contributed by atoms with Gasteiger partial charge in [-0.05, 0) is 64.7 Å². The molecule has 122 valence electrons. The number of rotatable bonds is 3. The number of aromatic hydroxyl groups is 1. The van der Waals surface area contributed by atoms with Gasteiger partial charge >= 0.3 is 0 Å². The van der Waals surface area contributed by atoms with Crippen molar-refractivity contribution in [2.24, 2.45) is 5.92 Å². The van der Waals surface area contributed by atoms with E-state index >= 15 is 0 Å². The van der Waals surface area contributed by atoms with E-state index in [0.29, 0.717) is 35.5 Å². The predicted octanol–water partition coefficient (Wildman–Crippen LogP) is 3.21. The number of phenolic OH excluding ortho intramolecular Hbond substituents is 1. The third-order valence-electron chi connectivity index (χ3n) is 5.02. The molecule has 1 aromatic rings. The molecule has 2 aliphatic rings. The number of fused-ring (bicyclic) bond motifs is 1. The summed E-state index contributed by atoms with van der Waals surface area (Å²) in [4.78, 5) is 27.7. The van der Waals surface area contributed by atoms with Gasteiger partial charge in [-0.2, -0.15) is 0 Å². The van der Waals surface area contributed by atoms with Gasteiger partial charge < -0.3 is 10.0 Å². The van der Waals surface area contributed by atoms with Crippen LogP contribution in [0, 0.1) is 5.92 Å². The Morgan fingerprint density at radius 1 is 1.09 bits per heavy atom. The predicted molar refractivity (Wildman–Crippen MR) is 88.9 cm³/mol. The van der Waals surface area contributed by atoms with Gasteiger partial charge in [0.15, 0.2) is 11.6 Å². The smallest absolute Gasteiger partial charge is 0.193 e. The average Bonchev–Trinajstić information content (AvgIpc) is 2.73. The molecule has 4 nitrogen and oxygen atoms in total. The summed E-state index contributed by atoms with van der Waals surface area (Å²) in [6, 6.07) is 4.75. The van der Waals surface area contributed by atoms with Crippen molar-refractivity contribution in [2.45, 2.75) is 32.1 Å². The first-order valence-electron chi connectivity index (χ1n) is 8.27. The van der Waals surface area contributed by atoms with Crippen molar-refractivity contribution in [3.8, 4) is 5.75 Å². The minimum Gasteiger partial charge on any atom is -0.507 e. The van der Waals surface area contributed by atoms with Crippen LogP contribution in [-0.4, -0.2) is 42.2 Å². The lowest BCUT2D eigenvalue weighted by molar-refractivity contribution is 0.0967. The van der Waals surface area contributed by atoms with Crippen LogP contribution in [0.5, 0.6) is 5.75 Å². The lowest BCUT2D eigenvalue weighted by Crippen LogP contribution is -2.21. The van der Waals surface area contributed by atoms with Crippen LogP contribution in [0.2, 0.25) is 0 Å². The Morgan fingerprint density at radius 2 is 1.74 bits per heavy atom. The van der Waals surface area contributed by atoms with E-state index in [-0.39, 0.29) is 22.9 Å². The van der Waals surface area contributed by atoms with E-state index in [0.717, 1.165) is 25.8 Å². The monoisotopic (exact) mass is 313 g/mol. The van der Waals surface area contributed by atoms with Crippen molar-refractivity contribution in [1.29, 1.82) is 0 Å². The largest absolute Gasteiger partial charge is 0.507 e. The number of phenols is 1. The van der Waals surface area contributed by atoms with E-state index < -0.39 is 0 Å². The first-order valence-corrected chi connectivity index (χ1v) is 8.27. The molecule has 0 saturated carbocycles. The summed E-state index contributed by atoms with van der Waals surface area (Å²) >= 11 is 0. The van der Waals surface area contributed by atoms with E-state index in [4.69, 9.17) is 0 Å². The van der Waals surface area contributed by atoms with E-state index in [2.05, 4.69) is 19.0 Å². The number of hydrogen-bond acceptors (Lipinski definition) is 4. The number of carbonyl (C=O) groups is 2. The van der Waals surface area contributed by atoms with Crippen LogP contribution >= 0.6 is 0 Å². The maximum Gasteiger partial charge on any atom is 0.193 e. The molecular weight excluding hydrogens is 290 g/mol. The summed E-state index contributed by atoms with van der Waals surface area (Å²) in [7, 11) is 4.12. The zero-order valence-corrected chi connectivity index (χ0v) is 13.8. The van der Waals surface area contributed by atoms with Gasteiger partial charge in [0.05, 0.1) is 5.56 Å². The topological polar surface area (TPSA) is 57.6 Å². The average molecular weight is 313 g/mol. The van der Waals surface area contributed by atoms with Crippen molar-refractivity contribution < 1.29 is 14.7 Å². The fourth-order valence-electron chi connectivity index (χ4n) is 3.66. The molecule has 1 unspecified atom stereocenters. The number of hydrogen-bond donors (Lipinski definition) is 1. The highest BCUT2D eigenvalue weighted by atomic mass is 16.3. The van der Waals surface area contributed by atoms with E-state index in [9.17, 15) is 14.7 Å². The summed E-state index contributed by atoms with van der Waals surface area (Å²) in [5.74, 6) is 0.237. The first kappa shape index (κ1) is 15.9. The number of carbonyl (C=O) groups excluding carboxylic acids is 2. The van der Waals surface area contributed by atoms with Crippen LogP contribution in [0.4, 0.5) is 0 Å². The number of Topliss-reactive ketones (excluding diaryl/α,β-unsaturated/α-hetero) is 2. The van der Waals surface area contributed by atoms with Gasteiger partial charge in [0.1, 0.15) is 5.75 Å². The van der Waals surface area contributed by atoms with E-state index in [1.807, 2.05) is 0 Å². The first-order chi connectivity index (χ1) is 11.0. The Balaban J connectivity index is 1.86. The van der Waals surface area contributed by atoms with Gasteiger partial charge in [0, 0.05) is 16.7 Å². The van der Waals surface area contributed by atoms with Gasteiger partial charge in [-0.1, -0.05) is 12.1 Å². The second kappa shape index (κ2) is 6.28. The molecule has 1 atom stereocenters. The van der Waals surface area contributed by atoms with Crippen LogP contribution in [0.1, 0.15) is 52.8 Å². The van der Waals surface area contributed by atoms with Gasteiger partial charge in [0.25, 0.3) is 0 Å². The molecule has 0 spiro atoms. The Bertz CT molecular complexity index is 688. The summed E-state index contributed by atoms with van der Waals surface area (Å²) in [6.07, 6.45) is 4.31. The summed E-state index contributed by atoms with van der Waals surface area (Å²) in [6.45, 7) is 1.03. The van der Waals surface area contributed by atoms with E-state index in [1.54, 1.807) is 12.1 Å². The van der Waals surface area contributed by atoms with Gasteiger partial charge in [0.2, 0.25) is 0 Å². The Kier molecular flexibility index (Phi) is 4.35. The molecule has 0 amide bonds. The van der Waals surface area contributed by atoms with Gasteiger partial charge in [-0.3, -0.25) is 9.59 Å². The molecule has 1 N–H and O–H groups in total. The maximum atomic E-state index is 12.8. The molecule has 0 radical (unpaired) electrons. The van der Waals surface area contributed by atoms with Crippen molar-refractivity contribution >= 4 is 11.6 Å². The molecule has 2 aliphatic carbocycles. The molecule has 4 heteroatoms. The zero-order valence-electron chi connectivity index (χ0n) is 13.8. The van der Waals surface area contributed by atoms with Crippen LogP contribution in [-0.2, 0) is 0 Å². The Morgan fingerprint density at radius 3 is 2.39 bits per heavy atom.